The van der Waals surface area contributed by atoms with Crippen LogP contribution in [0, 0.1) is 18.3 Å². The molecular weight excluding hydrogens is 348 g/mol. The Morgan fingerprint density at radius 3 is 2.73 bits per heavy atom. The van der Waals surface area contributed by atoms with Gasteiger partial charge in [-0.25, -0.2) is 9.97 Å². The third kappa shape index (κ3) is 2.82. The van der Waals surface area contributed by atoms with Gasteiger partial charge in [-0.3, -0.25) is 4.79 Å². The molecule has 0 aliphatic heterocycles. The maximum absolute atomic E-state index is 12.7. The second kappa shape index (κ2) is 6.61. The van der Waals surface area contributed by atoms with E-state index >= 15 is 0 Å². The predicted octanol–water partition coefficient (Wildman–Crippen LogP) is 3.41. The van der Waals surface area contributed by atoms with Gasteiger partial charge in [-0.2, -0.15) is 5.26 Å². The summed E-state index contributed by atoms with van der Waals surface area (Å²) in [7, 11) is 0. The quantitative estimate of drug-likeness (QED) is 0.651. The number of hydrogen-bond acceptors (Lipinski definition) is 7. The van der Waals surface area contributed by atoms with Gasteiger partial charge < -0.3 is 16.8 Å². The van der Waals surface area contributed by atoms with Gasteiger partial charge in [0.2, 0.25) is 0 Å². The molecule has 0 unspecified atom stereocenters. The van der Waals surface area contributed by atoms with Crippen molar-refractivity contribution < 1.29 is 4.79 Å². The van der Waals surface area contributed by atoms with E-state index in [1.54, 1.807) is 12.3 Å². The van der Waals surface area contributed by atoms with Crippen molar-refractivity contribution in [3.8, 4) is 6.07 Å². The molecule has 3 rings (SSSR count). The molecule has 7 nitrogen and oxygen atoms in total. The molecule has 0 saturated carbocycles. The fourth-order valence-electron chi connectivity index (χ4n) is 2.84. The molecule has 0 saturated heterocycles. The van der Waals surface area contributed by atoms with Gasteiger partial charge in [0.25, 0.3) is 5.91 Å². The summed E-state index contributed by atoms with van der Waals surface area (Å²) < 4.78 is 0. The van der Waals surface area contributed by atoms with Gasteiger partial charge in [0, 0.05) is 11.6 Å². The number of hydrogen-bond donors (Lipinski definition) is 3. The van der Waals surface area contributed by atoms with Gasteiger partial charge in [0.15, 0.2) is 0 Å². The summed E-state index contributed by atoms with van der Waals surface area (Å²) in [6.07, 6.45) is 1.61. The number of fused-ring (bicyclic) bond motifs is 1. The van der Waals surface area contributed by atoms with E-state index in [0.717, 1.165) is 22.5 Å². The minimum Gasteiger partial charge on any atom is -0.397 e. The summed E-state index contributed by atoms with van der Waals surface area (Å²) in [6, 6.07) is 5.75. The molecule has 26 heavy (non-hydrogen) atoms. The molecule has 0 aliphatic rings. The Morgan fingerprint density at radius 1 is 1.38 bits per heavy atom. The molecule has 1 amide bonds. The van der Waals surface area contributed by atoms with E-state index in [-0.39, 0.29) is 17.6 Å². The topological polar surface area (TPSA) is 131 Å². The van der Waals surface area contributed by atoms with Crippen LogP contribution < -0.4 is 16.8 Å². The van der Waals surface area contributed by atoms with Crippen LogP contribution >= 0.6 is 11.3 Å². The smallest absolute Gasteiger partial charge is 0.269 e. The fourth-order valence-corrected chi connectivity index (χ4v) is 3.86. The molecule has 0 fully saturated rings. The standard InChI is InChI=1S/C18H18N6OS/c1-8(2)11-10(7-19)15(21)23-18-12(11)13(20)14(26-18)17(25)24-16-9(3)5-4-6-22-16/h4-6,8H,20H2,1-3H3,(H2,21,23)(H,22,24,25). The van der Waals surface area contributed by atoms with Crippen LogP contribution in [0.2, 0.25) is 0 Å². The van der Waals surface area contributed by atoms with E-state index in [9.17, 15) is 10.1 Å². The van der Waals surface area contributed by atoms with Crippen molar-refractivity contribution in [3.63, 3.8) is 0 Å². The van der Waals surface area contributed by atoms with Crippen LogP contribution in [0.15, 0.2) is 18.3 Å². The first kappa shape index (κ1) is 17.6. The van der Waals surface area contributed by atoms with Crippen LogP contribution in [-0.4, -0.2) is 15.9 Å². The number of nitrogens with one attached hydrogen (secondary N) is 1. The zero-order chi connectivity index (χ0) is 19.0. The number of nitriles is 1. The van der Waals surface area contributed by atoms with Gasteiger partial charge in [-0.15, -0.1) is 11.3 Å². The van der Waals surface area contributed by atoms with E-state index in [1.807, 2.05) is 26.8 Å². The number of nitrogen functional groups attached to an aromatic ring is 2. The van der Waals surface area contributed by atoms with E-state index in [2.05, 4.69) is 21.4 Å². The van der Waals surface area contributed by atoms with Crippen LogP contribution in [0.5, 0.6) is 0 Å². The number of thiophene rings is 1. The number of pyridine rings is 2. The molecule has 0 aromatic carbocycles. The highest BCUT2D eigenvalue weighted by Crippen LogP contribution is 2.40. The monoisotopic (exact) mass is 366 g/mol. The average molecular weight is 366 g/mol. The lowest BCUT2D eigenvalue weighted by Crippen LogP contribution is -2.14. The Hall–Kier alpha value is -3.18. The molecule has 0 aliphatic carbocycles. The first-order valence-electron chi connectivity index (χ1n) is 7.99. The van der Waals surface area contributed by atoms with Gasteiger partial charge >= 0.3 is 0 Å². The predicted molar refractivity (Wildman–Crippen MR) is 104 cm³/mol. The Morgan fingerprint density at radius 2 is 2.12 bits per heavy atom. The highest BCUT2D eigenvalue weighted by atomic mass is 32.1. The molecule has 8 heteroatoms. The number of nitrogens with two attached hydrogens (primary N) is 2. The second-order valence-corrected chi connectivity index (χ2v) is 7.20. The summed E-state index contributed by atoms with van der Waals surface area (Å²) in [4.78, 5) is 22.1. The van der Waals surface area contributed by atoms with Crippen molar-refractivity contribution >= 4 is 44.8 Å². The summed E-state index contributed by atoms with van der Waals surface area (Å²) in [5, 5.41) is 12.8. The molecule has 0 radical (unpaired) electrons. The SMILES string of the molecule is Cc1cccnc1NC(=O)c1sc2nc(N)c(C#N)c(C(C)C)c2c1N. The second-order valence-electron chi connectivity index (χ2n) is 6.20. The van der Waals surface area contributed by atoms with Crippen molar-refractivity contribution in [2.24, 2.45) is 0 Å². The van der Waals surface area contributed by atoms with E-state index < -0.39 is 0 Å². The molecule has 3 aromatic rings. The van der Waals surface area contributed by atoms with Crippen molar-refractivity contribution in [2.75, 3.05) is 16.8 Å². The number of anilines is 3. The fraction of sp³-hybridized carbons (Fsp3) is 0.222. The maximum atomic E-state index is 12.7. The highest BCUT2D eigenvalue weighted by molar-refractivity contribution is 7.21. The minimum atomic E-state index is -0.362. The lowest BCUT2D eigenvalue weighted by atomic mass is 9.95. The number of amides is 1. The van der Waals surface area contributed by atoms with Crippen LogP contribution in [0.3, 0.4) is 0 Å². The maximum Gasteiger partial charge on any atom is 0.269 e. The van der Waals surface area contributed by atoms with Crippen molar-refractivity contribution in [2.45, 2.75) is 26.7 Å². The molecule has 0 spiro atoms. The normalized spacial score (nSPS) is 10.9. The zero-order valence-corrected chi connectivity index (χ0v) is 15.4. The molecule has 132 valence electrons. The molecule has 0 atom stereocenters. The average Bonchev–Trinajstić information content (AvgIpc) is 2.91. The molecule has 3 heterocycles. The summed E-state index contributed by atoms with van der Waals surface area (Å²) in [5.41, 5.74) is 14.4. The summed E-state index contributed by atoms with van der Waals surface area (Å²) in [6.45, 7) is 5.75. The van der Waals surface area contributed by atoms with Gasteiger partial charge in [0.05, 0.1) is 11.3 Å². The first-order chi connectivity index (χ1) is 12.3. The Kier molecular flexibility index (Phi) is 4.49. The van der Waals surface area contributed by atoms with E-state index in [4.69, 9.17) is 11.5 Å². The van der Waals surface area contributed by atoms with Crippen molar-refractivity contribution in [3.05, 3.63) is 39.9 Å². The Balaban J connectivity index is 2.16. The largest absolute Gasteiger partial charge is 0.397 e. The molecule has 5 N–H and O–H groups in total. The van der Waals surface area contributed by atoms with Crippen LogP contribution in [0.4, 0.5) is 17.3 Å². The molecular formula is C18H18N6OS. The number of carbonyl (C=O) groups excluding carboxylic acids is 1. The van der Waals surface area contributed by atoms with Gasteiger partial charge in [-0.05, 0) is 30.0 Å². The van der Waals surface area contributed by atoms with Gasteiger partial charge in [0.1, 0.15) is 27.4 Å². The summed E-state index contributed by atoms with van der Waals surface area (Å²) in [5.74, 6) is 0.267. The summed E-state index contributed by atoms with van der Waals surface area (Å²) >= 11 is 1.16. The zero-order valence-electron chi connectivity index (χ0n) is 14.6. The third-order valence-corrected chi connectivity index (χ3v) is 5.18. The number of carbonyl (C=O) groups is 1. The number of aryl methyl sites for hydroxylation is 1. The van der Waals surface area contributed by atoms with Crippen molar-refractivity contribution in [1.29, 1.82) is 5.26 Å². The third-order valence-electron chi connectivity index (χ3n) is 4.08. The minimum absolute atomic E-state index is 0.00305. The van der Waals surface area contributed by atoms with Crippen molar-refractivity contribution in [1.82, 2.24) is 9.97 Å². The lowest BCUT2D eigenvalue weighted by Gasteiger charge is -2.12. The van der Waals surface area contributed by atoms with E-state index in [1.165, 1.54) is 0 Å². The van der Waals surface area contributed by atoms with Crippen LogP contribution in [-0.2, 0) is 0 Å². The lowest BCUT2D eigenvalue weighted by molar-refractivity contribution is 0.103. The number of aromatic nitrogens is 2. The molecule has 3 aromatic heterocycles. The number of rotatable bonds is 3. The van der Waals surface area contributed by atoms with Gasteiger partial charge in [-0.1, -0.05) is 19.9 Å². The first-order valence-corrected chi connectivity index (χ1v) is 8.81. The Labute approximate surface area is 154 Å². The highest BCUT2D eigenvalue weighted by Gasteiger charge is 2.25. The van der Waals surface area contributed by atoms with Crippen LogP contribution in [0.1, 0.15) is 46.1 Å². The number of nitrogens with zero attached hydrogens (tertiary/aromatic N) is 3. The molecule has 0 bridgehead atoms. The van der Waals surface area contributed by atoms with Crippen LogP contribution in [0.25, 0.3) is 10.2 Å². The van der Waals surface area contributed by atoms with E-state index in [0.29, 0.717) is 32.2 Å². The Bertz CT molecular complexity index is 1060.